The molecule has 1 aliphatic rings. The number of amides is 1. The molecule has 3 rings (SSSR count). The van der Waals surface area contributed by atoms with Gasteiger partial charge in [-0.2, -0.15) is 0 Å². The number of ether oxygens (including phenoxy) is 2. The van der Waals surface area contributed by atoms with Crippen LogP contribution in [-0.2, 0) is 19.6 Å². The first-order valence-electron chi connectivity index (χ1n) is 9.89. The van der Waals surface area contributed by atoms with E-state index < -0.39 is 10.0 Å². The molecule has 1 heterocycles. The van der Waals surface area contributed by atoms with Gasteiger partial charge in [0.25, 0.3) is 5.91 Å². The smallest absolute Gasteiger partial charge is 0.260 e. The fourth-order valence-corrected chi connectivity index (χ4v) is 4.40. The Morgan fingerprint density at radius 3 is 2.45 bits per heavy atom. The van der Waals surface area contributed by atoms with Crippen LogP contribution in [0.25, 0.3) is 0 Å². The minimum absolute atomic E-state index is 0.102. The van der Waals surface area contributed by atoms with Gasteiger partial charge in [0, 0.05) is 50.5 Å². The average molecular weight is 468 g/mol. The first-order chi connectivity index (χ1) is 14.9. The second kappa shape index (κ2) is 10.8. The first-order valence-corrected chi connectivity index (χ1v) is 11.7. The van der Waals surface area contributed by atoms with E-state index in [0.29, 0.717) is 37.0 Å². The molecule has 0 spiro atoms. The van der Waals surface area contributed by atoms with Crippen molar-refractivity contribution in [2.45, 2.75) is 4.90 Å². The van der Waals surface area contributed by atoms with Crippen molar-refractivity contribution in [3.63, 3.8) is 0 Å². The van der Waals surface area contributed by atoms with Gasteiger partial charge in [-0.3, -0.25) is 4.79 Å². The standard InChI is InChI=1S/C21H26ClN3O5S/c1-29-14-9-23-31(27,28)20-7-5-19(6-8-20)30-16-21(26)25-12-10-24(11-13-25)18-4-2-3-17(22)15-18/h2-8,15,23H,9-14,16H2,1H3. The molecule has 0 aromatic heterocycles. The van der Waals surface area contributed by atoms with Crippen LogP contribution in [0.1, 0.15) is 0 Å². The highest BCUT2D eigenvalue weighted by atomic mass is 35.5. The number of halogens is 1. The largest absolute Gasteiger partial charge is 0.484 e. The van der Waals surface area contributed by atoms with Crippen molar-refractivity contribution in [3.05, 3.63) is 53.6 Å². The number of sulfonamides is 1. The van der Waals surface area contributed by atoms with Gasteiger partial charge in [-0.05, 0) is 42.5 Å². The zero-order chi connectivity index (χ0) is 22.3. The van der Waals surface area contributed by atoms with E-state index in [0.717, 1.165) is 5.69 Å². The lowest BCUT2D eigenvalue weighted by atomic mass is 10.2. The Kier molecular flexibility index (Phi) is 8.14. The van der Waals surface area contributed by atoms with Crippen molar-refractivity contribution in [1.82, 2.24) is 9.62 Å². The van der Waals surface area contributed by atoms with Gasteiger partial charge in [-0.25, -0.2) is 13.1 Å². The molecule has 0 bridgehead atoms. The monoisotopic (exact) mass is 467 g/mol. The molecule has 0 unspecified atom stereocenters. The summed E-state index contributed by atoms with van der Waals surface area (Å²) >= 11 is 6.06. The molecular formula is C21H26ClN3O5S. The third kappa shape index (κ3) is 6.57. The van der Waals surface area contributed by atoms with Crippen molar-refractivity contribution < 1.29 is 22.7 Å². The highest BCUT2D eigenvalue weighted by molar-refractivity contribution is 7.89. The maximum Gasteiger partial charge on any atom is 0.260 e. The van der Waals surface area contributed by atoms with Gasteiger partial charge in [0.15, 0.2) is 6.61 Å². The Bertz CT molecular complexity index is 977. The summed E-state index contributed by atoms with van der Waals surface area (Å²) in [5.41, 5.74) is 1.04. The fraction of sp³-hybridized carbons (Fsp3) is 0.381. The molecule has 0 atom stereocenters. The normalized spacial score (nSPS) is 14.5. The van der Waals surface area contributed by atoms with Crippen LogP contribution < -0.4 is 14.4 Å². The zero-order valence-electron chi connectivity index (χ0n) is 17.3. The van der Waals surface area contributed by atoms with Gasteiger partial charge >= 0.3 is 0 Å². The number of benzene rings is 2. The molecule has 1 N–H and O–H groups in total. The van der Waals surface area contributed by atoms with E-state index in [1.807, 2.05) is 24.3 Å². The van der Waals surface area contributed by atoms with Crippen LogP contribution in [0.15, 0.2) is 53.4 Å². The van der Waals surface area contributed by atoms with Crippen LogP contribution in [-0.4, -0.2) is 72.3 Å². The lowest BCUT2D eigenvalue weighted by Crippen LogP contribution is -2.50. The molecule has 168 valence electrons. The molecule has 0 aliphatic carbocycles. The van der Waals surface area contributed by atoms with E-state index in [9.17, 15) is 13.2 Å². The summed E-state index contributed by atoms with van der Waals surface area (Å²) in [5.74, 6) is 0.324. The second-order valence-corrected chi connectivity index (χ2v) is 9.20. The minimum atomic E-state index is -3.60. The molecule has 1 fully saturated rings. The van der Waals surface area contributed by atoms with Crippen LogP contribution in [0.3, 0.4) is 0 Å². The molecule has 0 saturated carbocycles. The molecular weight excluding hydrogens is 442 g/mol. The number of hydrogen-bond donors (Lipinski definition) is 1. The van der Waals surface area contributed by atoms with Gasteiger partial charge in [0.1, 0.15) is 5.75 Å². The van der Waals surface area contributed by atoms with E-state index in [2.05, 4.69) is 9.62 Å². The van der Waals surface area contributed by atoms with Crippen LogP contribution in [0.4, 0.5) is 5.69 Å². The summed E-state index contributed by atoms with van der Waals surface area (Å²) in [4.78, 5) is 16.6. The van der Waals surface area contributed by atoms with Gasteiger partial charge in [-0.15, -0.1) is 0 Å². The van der Waals surface area contributed by atoms with Crippen molar-refractivity contribution in [1.29, 1.82) is 0 Å². The number of nitrogens with one attached hydrogen (secondary N) is 1. The van der Waals surface area contributed by atoms with Crippen molar-refractivity contribution in [2.75, 3.05) is 57.9 Å². The lowest BCUT2D eigenvalue weighted by Gasteiger charge is -2.36. The quantitative estimate of drug-likeness (QED) is 0.567. The highest BCUT2D eigenvalue weighted by Crippen LogP contribution is 2.21. The number of anilines is 1. The molecule has 1 aliphatic heterocycles. The first kappa shape index (κ1) is 23.3. The summed E-state index contributed by atoms with van der Waals surface area (Å²) in [7, 11) is -2.10. The summed E-state index contributed by atoms with van der Waals surface area (Å²) in [6.07, 6.45) is 0. The molecule has 1 amide bonds. The Hall–Kier alpha value is -2.33. The molecule has 2 aromatic rings. The number of carbonyl (C=O) groups excluding carboxylic acids is 1. The number of hydrogen-bond acceptors (Lipinski definition) is 6. The molecule has 8 nitrogen and oxygen atoms in total. The fourth-order valence-electron chi connectivity index (χ4n) is 3.20. The summed E-state index contributed by atoms with van der Waals surface area (Å²) in [6, 6.07) is 13.6. The predicted octanol–water partition coefficient (Wildman–Crippen LogP) is 1.99. The van der Waals surface area contributed by atoms with Gasteiger partial charge in [0.2, 0.25) is 10.0 Å². The number of carbonyl (C=O) groups is 1. The number of nitrogens with zero attached hydrogens (tertiary/aromatic N) is 2. The molecule has 31 heavy (non-hydrogen) atoms. The van der Waals surface area contributed by atoms with Crippen molar-refractivity contribution in [2.24, 2.45) is 0 Å². The molecule has 2 aromatic carbocycles. The van der Waals surface area contributed by atoms with E-state index in [1.165, 1.54) is 31.4 Å². The van der Waals surface area contributed by atoms with Crippen LogP contribution in [0.5, 0.6) is 5.75 Å². The van der Waals surface area contributed by atoms with Crippen LogP contribution >= 0.6 is 11.6 Å². The molecule has 0 radical (unpaired) electrons. The van der Waals surface area contributed by atoms with E-state index >= 15 is 0 Å². The van der Waals surface area contributed by atoms with Crippen LogP contribution in [0.2, 0.25) is 5.02 Å². The number of rotatable bonds is 9. The van der Waals surface area contributed by atoms with E-state index in [1.54, 1.807) is 4.90 Å². The van der Waals surface area contributed by atoms with Crippen molar-refractivity contribution in [3.8, 4) is 5.75 Å². The van der Waals surface area contributed by atoms with Gasteiger partial charge in [0.05, 0.1) is 11.5 Å². The number of piperazine rings is 1. The Morgan fingerprint density at radius 1 is 1.10 bits per heavy atom. The topological polar surface area (TPSA) is 88.2 Å². The lowest BCUT2D eigenvalue weighted by molar-refractivity contribution is -0.133. The Labute approximate surface area is 187 Å². The second-order valence-electron chi connectivity index (χ2n) is 7.00. The highest BCUT2D eigenvalue weighted by Gasteiger charge is 2.22. The van der Waals surface area contributed by atoms with Crippen LogP contribution in [0, 0.1) is 0 Å². The summed E-state index contributed by atoms with van der Waals surface area (Å²) in [5, 5.41) is 0.689. The minimum Gasteiger partial charge on any atom is -0.484 e. The van der Waals surface area contributed by atoms with Gasteiger partial charge < -0.3 is 19.3 Å². The summed E-state index contributed by atoms with van der Waals surface area (Å²) < 4.78 is 37.2. The third-order valence-corrected chi connectivity index (χ3v) is 6.61. The van der Waals surface area contributed by atoms with Crippen molar-refractivity contribution >= 4 is 33.2 Å². The van der Waals surface area contributed by atoms with Gasteiger partial charge in [-0.1, -0.05) is 17.7 Å². The third-order valence-electron chi connectivity index (χ3n) is 4.90. The molecule has 10 heteroatoms. The number of methoxy groups -OCH3 is 1. The molecule has 1 saturated heterocycles. The summed E-state index contributed by atoms with van der Waals surface area (Å²) in [6.45, 7) is 3.00. The zero-order valence-corrected chi connectivity index (χ0v) is 18.9. The van der Waals surface area contributed by atoms with E-state index in [-0.39, 0.29) is 30.6 Å². The maximum absolute atomic E-state index is 12.5. The SMILES string of the molecule is COCCNS(=O)(=O)c1ccc(OCC(=O)N2CCN(c3cccc(Cl)c3)CC2)cc1. The Morgan fingerprint density at radius 2 is 1.81 bits per heavy atom. The average Bonchev–Trinajstić information content (AvgIpc) is 2.78. The van der Waals surface area contributed by atoms with E-state index in [4.69, 9.17) is 21.1 Å². The Balaban J connectivity index is 1.46. The predicted molar refractivity (Wildman–Crippen MR) is 119 cm³/mol. The maximum atomic E-state index is 12.5.